The summed E-state index contributed by atoms with van der Waals surface area (Å²) in [5.41, 5.74) is 1.69. The molecule has 0 saturated carbocycles. The van der Waals surface area contributed by atoms with Crippen molar-refractivity contribution in [1.29, 1.82) is 0 Å². The van der Waals surface area contributed by atoms with Gasteiger partial charge < -0.3 is 10.2 Å². The third kappa shape index (κ3) is 4.63. The van der Waals surface area contributed by atoms with Crippen molar-refractivity contribution in [3.8, 4) is 17.1 Å². The summed E-state index contributed by atoms with van der Waals surface area (Å²) in [7, 11) is 0. The van der Waals surface area contributed by atoms with Crippen molar-refractivity contribution in [2.45, 2.75) is 32.3 Å². The molecule has 2 rings (SSSR count). The molecular weight excluding hydrogens is 283 g/mol. The van der Waals surface area contributed by atoms with Crippen LogP contribution >= 0.6 is 0 Å². The van der Waals surface area contributed by atoms with Crippen molar-refractivity contribution >= 4 is 6.08 Å². The first-order valence-corrected chi connectivity index (χ1v) is 7.22. The number of aliphatic hydroxyl groups excluding tert-OH is 1. The van der Waals surface area contributed by atoms with E-state index in [0.717, 1.165) is 24.8 Å². The molecule has 1 unspecified atom stereocenters. The molecular formula is C17H19FN2O2. The second-order valence-corrected chi connectivity index (χ2v) is 5.19. The summed E-state index contributed by atoms with van der Waals surface area (Å²) in [5.74, 6) is -0.361. The Kier molecular flexibility index (Phi) is 5.61. The average molecular weight is 302 g/mol. The largest absolute Gasteiger partial charge is 0.479 e. The zero-order valence-electron chi connectivity index (χ0n) is 12.4. The van der Waals surface area contributed by atoms with E-state index in [1.54, 1.807) is 13.0 Å². The maximum Gasteiger partial charge on any atom is 0.313 e. The zero-order valence-corrected chi connectivity index (χ0v) is 12.4. The van der Waals surface area contributed by atoms with Gasteiger partial charge in [0.1, 0.15) is 5.82 Å². The fourth-order valence-corrected chi connectivity index (χ4v) is 2.08. The predicted molar refractivity (Wildman–Crippen MR) is 83.7 cm³/mol. The SMILES string of the molecule is CC(O)CCCC=Cc1ccc(-c2cnc(O)nc2)c(F)c1. The molecule has 1 atom stereocenters. The molecule has 1 aromatic carbocycles. The second kappa shape index (κ2) is 7.66. The molecule has 0 fully saturated rings. The van der Waals surface area contributed by atoms with E-state index in [-0.39, 0.29) is 17.9 Å². The van der Waals surface area contributed by atoms with Crippen LogP contribution in [0.4, 0.5) is 4.39 Å². The number of rotatable bonds is 6. The van der Waals surface area contributed by atoms with Crippen LogP contribution in [0.15, 0.2) is 36.7 Å². The number of aromatic hydroxyl groups is 1. The molecule has 5 heteroatoms. The molecule has 0 amide bonds. The van der Waals surface area contributed by atoms with Crippen molar-refractivity contribution in [2.75, 3.05) is 0 Å². The molecule has 4 nitrogen and oxygen atoms in total. The highest BCUT2D eigenvalue weighted by Crippen LogP contribution is 2.23. The van der Waals surface area contributed by atoms with Gasteiger partial charge in [0.25, 0.3) is 0 Å². The summed E-state index contributed by atoms with van der Waals surface area (Å²) in [5, 5.41) is 18.2. The lowest BCUT2D eigenvalue weighted by atomic mass is 10.1. The van der Waals surface area contributed by atoms with Gasteiger partial charge in [-0.15, -0.1) is 0 Å². The molecule has 1 aromatic heterocycles. The topological polar surface area (TPSA) is 66.2 Å². The molecule has 0 aliphatic rings. The van der Waals surface area contributed by atoms with Crippen LogP contribution in [0.5, 0.6) is 6.01 Å². The van der Waals surface area contributed by atoms with Gasteiger partial charge in [-0.2, -0.15) is 0 Å². The van der Waals surface area contributed by atoms with Crippen molar-refractivity contribution in [3.63, 3.8) is 0 Å². The van der Waals surface area contributed by atoms with Gasteiger partial charge in [0.05, 0.1) is 6.10 Å². The molecule has 0 spiro atoms. The van der Waals surface area contributed by atoms with Crippen molar-refractivity contribution in [1.82, 2.24) is 9.97 Å². The molecule has 0 aliphatic heterocycles. The third-order valence-corrected chi connectivity index (χ3v) is 3.25. The van der Waals surface area contributed by atoms with Crippen LogP contribution in [-0.4, -0.2) is 26.3 Å². The number of unbranched alkanes of at least 4 members (excludes halogenated alkanes) is 1. The Morgan fingerprint density at radius 3 is 2.64 bits per heavy atom. The maximum absolute atomic E-state index is 14.1. The lowest BCUT2D eigenvalue weighted by molar-refractivity contribution is 0.182. The molecule has 2 N–H and O–H groups in total. The highest BCUT2D eigenvalue weighted by Gasteiger charge is 2.06. The predicted octanol–water partition coefficient (Wildman–Crippen LogP) is 3.55. The van der Waals surface area contributed by atoms with Crippen LogP contribution in [0.25, 0.3) is 17.2 Å². The molecule has 0 radical (unpaired) electrons. The second-order valence-electron chi connectivity index (χ2n) is 5.19. The first kappa shape index (κ1) is 16.1. The first-order chi connectivity index (χ1) is 10.6. The van der Waals surface area contributed by atoms with Gasteiger partial charge in [-0.25, -0.2) is 14.4 Å². The van der Waals surface area contributed by atoms with Gasteiger partial charge in [0.2, 0.25) is 0 Å². The van der Waals surface area contributed by atoms with E-state index in [1.165, 1.54) is 18.5 Å². The number of aromatic nitrogens is 2. The number of allylic oxidation sites excluding steroid dienone is 1. The minimum Gasteiger partial charge on any atom is -0.479 e. The maximum atomic E-state index is 14.1. The van der Waals surface area contributed by atoms with E-state index in [1.807, 2.05) is 18.2 Å². The number of nitrogens with zero attached hydrogens (tertiary/aromatic N) is 2. The highest BCUT2D eigenvalue weighted by molar-refractivity contribution is 5.65. The van der Waals surface area contributed by atoms with Gasteiger partial charge in [0.15, 0.2) is 0 Å². The minimum atomic E-state index is -0.361. The van der Waals surface area contributed by atoms with E-state index in [0.29, 0.717) is 11.1 Å². The fraction of sp³-hybridized carbons (Fsp3) is 0.294. The van der Waals surface area contributed by atoms with Crippen molar-refractivity contribution in [2.24, 2.45) is 0 Å². The number of aliphatic hydroxyl groups is 1. The molecule has 116 valence electrons. The number of hydrogen-bond acceptors (Lipinski definition) is 4. The first-order valence-electron chi connectivity index (χ1n) is 7.22. The fourth-order valence-electron chi connectivity index (χ4n) is 2.08. The zero-order chi connectivity index (χ0) is 15.9. The summed E-state index contributed by atoms with van der Waals surface area (Å²) in [6.45, 7) is 1.77. The quantitative estimate of drug-likeness (QED) is 0.801. The molecule has 22 heavy (non-hydrogen) atoms. The lowest BCUT2D eigenvalue weighted by Crippen LogP contribution is -1.97. The van der Waals surface area contributed by atoms with Crippen LogP contribution in [0.3, 0.4) is 0 Å². The van der Waals surface area contributed by atoms with Crippen LogP contribution < -0.4 is 0 Å². The molecule has 2 aromatic rings. The van der Waals surface area contributed by atoms with Crippen LogP contribution in [0, 0.1) is 5.82 Å². The number of benzene rings is 1. The summed E-state index contributed by atoms with van der Waals surface area (Å²) < 4.78 is 14.1. The van der Waals surface area contributed by atoms with E-state index < -0.39 is 0 Å². The Hall–Kier alpha value is -2.27. The smallest absolute Gasteiger partial charge is 0.313 e. The van der Waals surface area contributed by atoms with E-state index in [9.17, 15) is 4.39 Å². The Labute approximate surface area is 129 Å². The van der Waals surface area contributed by atoms with E-state index >= 15 is 0 Å². The monoisotopic (exact) mass is 302 g/mol. The Bertz CT molecular complexity index is 640. The molecule has 0 aliphatic carbocycles. The molecule has 0 bridgehead atoms. The van der Waals surface area contributed by atoms with Gasteiger partial charge in [0, 0.05) is 23.5 Å². The van der Waals surface area contributed by atoms with Crippen molar-refractivity contribution in [3.05, 3.63) is 48.0 Å². The molecule has 0 saturated heterocycles. The van der Waals surface area contributed by atoms with Crippen LogP contribution in [-0.2, 0) is 0 Å². The van der Waals surface area contributed by atoms with E-state index in [2.05, 4.69) is 9.97 Å². The summed E-state index contributed by atoms with van der Waals surface area (Å²) in [6, 6.07) is 4.60. The summed E-state index contributed by atoms with van der Waals surface area (Å²) in [6.07, 6.45) is 8.83. The highest BCUT2D eigenvalue weighted by atomic mass is 19.1. The van der Waals surface area contributed by atoms with E-state index in [4.69, 9.17) is 10.2 Å². The Morgan fingerprint density at radius 2 is 2.00 bits per heavy atom. The normalized spacial score (nSPS) is 12.7. The summed E-state index contributed by atoms with van der Waals surface area (Å²) in [4.78, 5) is 7.29. The van der Waals surface area contributed by atoms with Crippen LogP contribution in [0.1, 0.15) is 31.7 Å². The lowest BCUT2D eigenvalue weighted by Gasteiger charge is -2.04. The van der Waals surface area contributed by atoms with Gasteiger partial charge in [-0.3, -0.25) is 0 Å². The minimum absolute atomic E-state index is 0.280. The number of hydrogen-bond donors (Lipinski definition) is 2. The molecule has 1 heterocycles. The summed E-state index contributed by atoms with van der Waals surface area (Å²) >= 11 is 0. The van der Waals surface area contributed by atoms with Gasteiger partial charge in [-0.1, -0.05) is 24.3 Å². The van der Waals surface area contributed by atoms with Gasteiger partial charge >= 0.3 is 6.01 Å². The Morgan fingerprint density at radius 1 is 1.27 bits per heavy atom. The third-order valence-electron chi connectivity index (χ3n) is 3.25. The van der Waals surface area contributed by atoms with Gasteiger partial charge in [-0.05, 0) is 37.8 Å². The van der Waals surface area contributed by atoms with Crippen molar-refractivity contribution < 1.29 is 14.6 Å². The Balaban J connectivity index is 2.03. The average Bonchev–Trinajstić information content (AvgIpc) is 2.48. The standard InChI is InChI=1S/C17H19FN2O2/c1-12(21)5-3-2-4-6-13-7-8-15(16(18)9-13)14-10-19-17(22)20-11-14/h4,6-12,21H,2-3,5H2,1H3,(H,19,20,22). The number of halogens is 1. The van der Waals surface area contributed by atoms with Crippen LogP contribution in [0.2, 0.25) is 0 Å².